The van der Waals surface area contributed by atoms with Gasteiger partial charge in [0.1, 0.15) is 5.82 Å². The molecule has 1 aliphatic heterocycles. The van der Waals surface area contributed by atoms with E-state index in [1.54, 1.807) is 12.3 Å². The first-order valence-electron chi connectivity index (χ1n) is 13.5. The van der Waals surface area contributed by atoms with Crippen molar-refractivity contribution >= 4 is 28.9 Å². The van der Waals surface area contributed by atoms with Crippen molar-refractivity contribution in [3.05, 3.63) is 89.9 Å². The predicted octanol–water partition coefficient (Wildman–Crippen LogP) is 5.18. The molecule has 38 heavy (non-hydrogen) atoms. The number of rotatable bonds is 7. The van der Waals surface area contributed by atoms with Crippen LogP contribution in [0.5, 0.6) is 0 Å². The number of urea groups is 1. The van der Waals surface area contributed by atoms with Gasteiger partial charge in [-0.2, -0.15) is 0 Å². The first-order valence-corrected chi connectivity index (χ1v) is 13.5. The Kier molecular flexibility index (Phi) is 8.36. The summed E-state index contributed by atoms with van der Waals surface area (Å²) in [5, 5.41) is 10.1. The van der Waals surface area contributed by atoms with Crippen molar-refractivity contribution in [1.29, 1.82) is 0 Å². The van der Waals surface area contributed by atoms with E-state index >= 15 is 0 Å². The van der Waals surface area contributed by atoms with E-state index in [2.05, 4.69) is 54.9 Å². The maximum atomic E-state index is 13.6. The third-order valence-corrected chi connectivity index (χ3v) is 7.41. The number of nitrogens with zero attached hydrogens (tertiary/aromatic N) is 4. The van der Waals surface area contributed by atoms with Crippen molar-refractivity contribution in [2.24, 2.45) is 0 Å². The summed E-state index contributed by atoms with van der Waals surface area (Å²) in [6, 6.07) is 22.5. The minimum atomic E-state index is -0.0587. The molecule has 3 aromatic rings. The molecule has 2 aliphatic rings. The van der Waals surface area contributed by atoms with Crippen LogP contribution < -0.4 is 25.8 Å². The molecule has 196 valence electrons. The summed E-state index contributed by atoms with van der Waals surface area (Å²) in [7, 11) is 0. The molecular formula is C30H35N7O. The summed E-state index contributed by atoms with van der Waals surface area (Å²) >= 11 is 0. The maximum Gasteiger partial charge on any atom is 0.322 e. The van der Waals surface area contributed by atoms with Crippen LogP contribution in [0.1, 0.15) is 31.2 Å². The number of carbonyl (C=O) groups excluding carboxylic acids is 1. The largest absolute Gasteiger partial charge is 0.369 e. The van der Waals surface area contributed by atoms with Gasteiger partial charge in [0.15, 0.2) is 0 Å². The van der Waals surface area contributed by atoms with Crippen molar-refractivity contribution in [1.82, 2.24) is 15.6 Å². The molecule has 1 aromatic heterocycles. The van der Waals surface area contributed by atoms with E-state index in [9.17, 15) is 4.79 Å². The van der Waals surface area contributed by atoms with Crippen molar-refractivity contribution in [2.75, 3.05) is 41.3 Å². The Morgan fingerprint density at radius 3 is 2.39 bits per heavy atom. The molecule has 0 bridgehead atoms. The van der Waals surface area contributed by atoms with E-state index in [0.29, 0.717) is 18.3 Å². The highest BCUT2D eigenvalue weighted by atomic mass is 16.2. The Hall–Kier alpha value is -4.09. The zero-order valence-electron chi connectivity index (χ0n) is 21.6. The van der Waals surface area contributed by atoms with Gasteiger partial charge in [-0.25, -0.2) is 9.64 Å². The Morgan fingerprint density at radius 2 is 1.74 bits per heavy atom. The topological polar surface area (TPSA) is 76.9 Å². The highest BCUT2D eigenvalue weighted by molar-refractivity contribution is 5.92. The molecular weight excluding hydrogens is 474 g/mol. The highest BCUT2D eigenvalue weighted by Crippen LogP contribution is 2.31. The van der Waals surface area contributed by atoms with Gasteiger partial charge >= 0.3 is 6.03 Å². The molecule has 1 saturated heterocycles. The Balaban J connectivity index is 1.27. The van der Waals surface area contributed by atoms with Crippen molar-refractivity contribution in [3.8, 4) is 0 Å². The number of carbonyl (C=O) groups is 1. The van der Waals surface area contributed by atoms with Crippen LogP contribution in [-0.4, -0.2) is 49.3 Å². The average Bonchev–Trinajstić information content (AvgIpc) is 2.99. The maximum absolute atomic E-state index is 13.6. The first-order chi connectivity index (χ1) is 18.7. The van der Waals surface area contributed by atoms with Crippen LogP contribution in [0.4, 0.5) is 27.7 Å². The van der Waals surface area contributed by atoms with Crippen LogP contribution in [0.25, 0.3) is 4.85 Å². The lowest BCUT2D eigenvalue weighted by Crippen LogP contribution is -2.48. The molecule has 8 nitrogen and oxygen atoms in total. The fourth-order valence-corrected chi connectivity index (χ4v) is 5.32. The summed E-state index contributed by atoms with van der Waals surface area (Å²) in [6.07, 6.45) is 5.28. The number of hydrogen-bond donors (Lipinski definition) is 3. The quantitative estimate of drug-likeness (QED) is 0.383. The summed E-state index contributed by atoms with van der Waals surface area (Å²) in [5.74, 6) is 0.793. The van der Waals surface area contributed by atoms with Gasteiger partial charge < -0.3 is 20.9 Å². The Bertz CT molecular complexity index is 1210. The molecule has 5 rings (SSSR count). The molecule has 0 radical (unpaired) electrons. The SMILES string of the molecule is [C-]#[N+]c1ccc(NC2CCC(N(C(=O)NCc3ccccc3)c3ccc(N4CCNCC4)cc3)CC2)nc1. The lowest BCUT2D eigenvalue weighted by atomic mass is 9.90. The average molecular weight is 510 g/mol. The van der Waals surface area contributed by atoms with Gasteiger partial charge in [0.2, 0.25) is 5.69 Å². The number of pyridine rings is 1. The van der Waals surface area contributed by atoms with Gasteiger partial charge in [0.25, 0.3) is 0 Å². The molecule has 2 fully saturated rings. The highest BCUT2D eigenvalue weighted by Gasteiger charge is 2.30. The lowest BCUT2D eigenvalue weighted by molar-refractivity contribution is 0.240. The van der Waals surface area contributed by atoms with Gasteiger partial charge in [0.05, 0.1) is 6.57 Å². The number of anilines is 3. The van der Waals surface area contributed by atoms with Gasteiger partial charge in [-0.3, -0.25) is 9.88 Å². The molecule has 8 heteroatoms. The third kappa shape index (κ3) is 6.42. The van der Waals surface area contributed by atoms with Gasteiger partial charge in [-0.05, 0) is 61.6 Å². The predicted molar refractivity (Wildman–Crippen MR) is 153 cm³/mol. The van der Waals surface area contributed by atoms with Gasteiger partial charge in [-0.1, -0.05) is 36.4 Å². The van der Waals surface area contributed by atoms with Crippen LogP contribution in [0.15, 0.2) is 72.9 Å². The van der Waals surface area contributed by atoms with E-state index in [0.717, 1.165) is 68.9 Å². The number of amides is 2. The van der Waals surface area contributed by atoms with Gasteiger partial charge in [-0.15, -0.1) is 0 Å². The number of hydrogen-bond acceptors (Lipinski definition) is 5. The van der Waals surface area contributed by atoms with Crippen molar-refractivity contribution < 1.29 is 4.79 Å². The lowest BCUT2D eigenvalue weighted by Gasteiger charge is -2.37. The van der Waals surface area contributed by atoms with E-state index in [4.69, 9.17) is 6.57 Å². The van der Waals surface area contributed by atoms with Crippen molar-refractivity contribution in [2.45, 2.75) is 44.3 Å². The second kappa shape index (κ2) is 12.4. The smallest absolute Gasteiger partial charge is 0.322 e. The summed E-state index contributed by atoms with van der Waals surface area (Å²) in [5.41, 5.74) is 3.76. The molecule has 2 heterocycles. The number of aromatic nitrogens is 1. The minimum Gasteiger partial charge on any atom is -0.369 e. The fraction of sp³-hybridized carbons (Fsp3) is 0.367. The summed E-state index contributed by atoms with van der Waals surface area (Å²) < 4.78 is 0. The van der Waals surface area contributed by atoms with Crippen molar-refractivity contribution in [3.63, 3.8) is 0 Å². The number of benzene rings is 2. The Labute approximate surface area is 224 Å². The van der Waals surface area contributed by atoms with E-state index in [1.165, 1.54) is 5.69 Å². The molecule has 0 spiro atoms. The molecule has 3 N–H and O–H groups in total. The molecule has 1 saturated carbocycles. The number of piperazine rings is 1. The zero-order valence-corrected chi connectivity index (χ0v) is 21.6. The minimum absolute atomic E-state index is 0.0587. The van der Waals surface area contributed by atoms with Crippen LogP contribution in [0.2, 0.25) is 0 Å². The fourth-order valence-electron chi connectivity index (χ4n) is 5.32. The van der Waals surface area contributed by atoms with Gasteiger partial charge in [0, 0.05) is 62.4 Å². The molecule has 2 amide bonds. The second-order valence-corrected chi connectivity index (χ2v) is 9.93. The third-order valence-electron chi connectivity index (χ3n) is 7.41. The standard InChI is InChI=1S/C30H35N7O/c1-31-25-9-16-29(33-22-25)35-24-7-10-27(11-8-24)37(30(38)34-21-23-5-3-2-4-6-23)28-14-12-26(13-15-28)36-19-17-32-18-20-36/h2-6,9,12-16,22,24,27,32H,7-8,10-11,17-21H2,(H,33,35)(H,34,38). The summed E-state index contributed by atoms with van der Waals surface area (Å²) in [4.78, 5) is 25.7. The molecule has 1 aliphatic carbocycles. The number of nitrogens with one attached hydrogen (secondary N) is 3. The van der Waals surface area contributed by atoms with Crippen LogP contribution in [-0.2, 0) is 6.54 Å². The summed E-state index contributed by atoms with van der Waals surface area (Å²) in [6.45, 7) is 11.6. The monoisotopic (exact) mass is 509 g/mol. The van der Waals surface area contributed by atoms with E-state index in [-0.39, 0.29) is 12.1 Å². The zero-order chi connectivity index (χ0) is 26.2. The van der Waals surface area contributed by atoms with E-state index < -0.39 is 0 Å². The van der Waals surface area contributed by atoms with Crippen LogP contribution in [0, 0.1) is 6.57 Å². The molecule has 2 aromatic carbocycles. The van der Waals surface area contributed by atoms with E-state index in [1.807, 2.05) is 41.3 Å². The first kappa shape index (κ1) is 25.6. The molecule has 0 atom stereocenters. The van der Waals surface area contributed by atoms with Crippen LogP contribution >= 0.6 is 0 Å². The van der Waals surface area contributed by atoms with Crippen LogP contribution in [0.3, 0.4) is 0 Å². The second-order valence-electron chi connectivity index (χ2n) is 9.93. The molecule has 0 unspecified atom stereocenters. The Morgan fingerprint density at radius 1 is 1.00 bits per heavy atom. The normalized spacial score (nSPS) is 19.3.